The summed E-state index contributed by atoms with van der Waals surface area (Å²) in [4.78, 5) is 12.1. The van der Waals surface area contributed by atoms with Crippen LogP contribution in [-0.4, -0.2) is 16.1 Å². The second-order valence-corrected chi connectivity index (χ2v) is 5.73. The number of aromatic nitrogens is 2. The van der Waals surface area contributed by atoms with Crippen molar-refractivity contribution in [1.29, 1.82) is 0 Å². The van der Waals surface area contributed by atoms with E-state index >= 15 is 0 Å². The summed E-state index contributed by atoms with van der Waals surface area (Å²) in [5.74, 6) is 0.870. The molecule has 0 spiro atoms. The average Bonchev–Trinajstić information content (AvgIpc) is 3.05. The Bertz CT molecular complexity index is 838. The highest BCUT2D eigenvalue weighted by atomic mass is 16.4. The Morgan fingerprint density at radius 3 is 2.54 bits per heavy atom. The maximum atomic E-state index is 12.1. The predicted molar refractivity (Wildman–Crippen MR) is 92.6 cm³/mol. The van der Waals surface area contributed by atoms with Gasteiger partial charge in [-0.1, -0.05) is 35.9 Å². The molecule has 0 aliphatic rings. The summed E-state index contributed by atoms with van der Waals surface area (Å²) in [5, 5.41) is 11.0. The van der Waals surface area contributed by atoms with Gasteiger partial charge in [-0.2, -0.15) is 0 Å². The lowest BCUT2D eigenvalue weighted by Crippen LogP contribution is -2.13. The number of carbonyl (C=O) groups excluding carboxylic acids is 1. The third-order valence-electron chi connectivity index (χ3n) is 3.75. The number of rotatable bonds is 5. The molecule has 0 atom stereocenters. The van der Waals surface area contributed by atoms with Gasteiger partial charge in [0, 0.05) is 24.1 Å². The smallest absolute Gasteiger partial charge is 0.247 e. The first kappa shape index (κ1) is 15.9. The van der Waals surface area contributed by atoms with Gasteiger partial charge >= 0.3 is 0 Å². The molecule has 0 aliphatic carbocycles. The summed E-state index contributed by atoms with van der Waals surface area (Å²) >= 11 is 0. The number of aryl methyl sites for hydroxylation is 3. The molecule has 1 heterocycles. The zero-order valence-corrected chi connectivity index (χ0v) is 13.7. The van der Waals surface area contributed by atoms with Gasteiger partial charge in [-0.25, -0.2) is 0 Å². The summed E-state index contributed by atoms with van der Waals surface area (Å²) in [6.07, 6.45) is 0.709. The van der Waals surface area contributed by atoms with E-state index in [-0.39, 0.29) is 5.91 Å². The normalized spacial score (nSPS) is 10.6. The van der Waals surface area contributed by atoms with Gasteiger partial charge in [0.25, 0.3) is 0 Å². The molecule has 5 heteroatoms. The molecule has 1 amide bonds. The van der Waals surface area contributed by atoms with E-state index in [2.05, 4.69) is 15.5 Å². The van der Waals surface area contributed by atoms with E-state index < -0.39 is 0 Å². The highest BCUT2D eigenvalue weighted by Crippen LogP contribution is 2.19. The quantitative estimate of drug-likeness (QED) is 0.773. The molecule has 3 rings (SSSR count). The molecule has 5 nitrogen and oxygen atoms in total. The lowest BCUT2D eigenvalue weighted by atomic mass is 10.1. The Balaban J connectivity index is 1.58. The monoisotopic (exact) mass is 321 g/mol. The topological polar surface area (TPSA) is 68.0 Å². The number of nitrogens with one attached hydrogen (secondary N) is 1. The standard InChI is InChI=1S/C19H19N3O2/c1-13-7-9-15(10-8-13)19-22-21-18(24-19)12-11-17(23)20-16-6-4-3-5-14(16)2/h3-10H,11-12H2,1-2H3,(H,20,23). The van der Waals surface area contributed by atoms with Gasteiger partial charge in [0.1, 0.15) is 0 Å². The molecule has 2 aromatic carbocycles. The third-order valence-corrected chi connectivity index (χ3v) is 3.75. The van der Waals surface area contributed by atoms with Crippen LogP contribution in [0.2, 0.25) is 0 Å². The minimum absolute atomic E-state index is 0.0700. The average molecular weight is 321 g/mol. The molecule has 0 fully saturated rings. The summed E-state index contributed by atoms with van der Waals surface area (Å²) in [5.41, 5.74) is 3.91. The van der Waals surface area contributed by atoms with Crippen LogP contribution in [-0.2, 0) is 11.2 Å². The number of hydrogen-bond acceptors (Lipinski definition) is 4. The van der Waals surface area contributed by atoms with E-state index in [0.29, 0.717) is 24.6 Å². The van der Waals surface area contributed by atoms with Crippen LogP contribution in [0.15, 0.2) is 52.9 Å². The molecule has 1 N–H and O–H groups in total. The molecule has 0 saturated carbocycles. The number of para-hydroxylation sites is 1. The predicted octanol–water partition coefficient (Wildman–Crippen LogP) is 3.92. The van der Waals surface area contributed by atoms with Gasteiger partial charge in [0.05, 0.1) is 0 Å². The summed E-state index contributed by atoms with van der Waals surface area (Å²) in [6, 6.07) is 15.6. The Morgan fingerprint density at radius 2 is 1.79 bits per heavy atom. The van der Waals surface area contributed by atoms with Crippen molar-refractivity contribution >= 4 is 11.6 Å². The Labute approximate surface area is 140 Å². The maximum absolute atomic E-state index is 12.1. The Morgan fingerprint density at radius 1 is 1.04 bits per heavy atom. The fourth-order valence-corrected chi connectivity index (χ4v) is 2.31. The molecule has 0 saturated heterocycles. The molecular formula is C19H19N3O2. The van der Waals surface area contributed by atoms with Gasteiger partial charge in [-0.05, 0) is 37.6 Å². The van der Waals surface area contributed by atoms with Crippen LogP contribution < -0.4 is 5.32 Å². The first-order valence-corrected chi connectivity index (χ1v) is 7.87. The molecule has 24 heavy (non-hydrogen) atoms. The van der Waals surface area contributed by atoms with Crippen molar-refractivity contribution in [3.05, 3.63) is 65.5 Å². The summed E-state index contributed by atoms with van der Waals surface area (Å²) in [7, 11) is 0. The van der Waals surface area contributed by atoms with Gasteiger partial charge < -0.3 is 9.73 Å². The van der Waals surface area contributed by atoms with E-state index in [9.17, 15) is 4.79 Å². The van der Waals surface area contributed by atoms with E-state index in [1.807, 2.05) is 62.4 Å². The van der Waals surface area contributed by atoms with Gasteiger partial charge in [0.2, 0.25) is 17.7 Å². The molecule has 0 unspecified atom stereocenters. The largest absolute Gasteiger partial charge is 0.421 e. The van der Waals surface area contributed by atoms with Crippen molar-refractivity contribution < 1.29 is 9.21 Å². The Hall–Kier alpha value is -2.95. The second kappa shape index (κ2) is 7.08. The first-order valence-electron chi connectivity index (χ1n) is 7.87. The van der Waals surface area contributed by atoms with E-state index in [0.717, 1.165) is 16.8 Å². The van der Waals surface area contributed by atoms with Crippen LogP contribution in [0.1, 0.15) is 23.4 Å². The maximum Gasteiger partial charge on any atom is 0.247 e. The van der Waals surface area contributed by atoms with Crippen molar-refractivity contribution in [2.75, 3.05) is 5.32 Å². The number of amides is 1. The number of carbonyl (C=O) groups is 1. The number of hydrogen-bond donors (Lipinski definition) is 1. The van der Waals surface area contributed by atoms with Crippen LogP contribution >= 0.6 is 0 Å². The number of benzene rings is 2. The second-order valence-electron chi connectivity index (χ2n) is 5.73. The van der Waals surface area contributed by atoms with Crippen molar-refractivity contribution in [1.82, 2.24) is 10.2 Å². The van der Waals surface area contributed by atoms with Gasteiger partial charge in [-0.3, -0.25) is 4.79 Å². The zero-order chi connectivity index (χ0) is 16.9. The summed E-state index contributed by atoms with van der Waals surface area (Å²) in [6.45, 7) is 3.98. The van der Waals surface area contributed by atoms with Gasteiger partial charge in [0.15, 0.2) is 0 Å². The summed E-state index contributed by atoms with van der Waals surface area (Å²) < 4.78 is 5.63. The SMILES string of the molecule is Cc1ccc(-c2nnc(CCC(=O)Nc3ccccc3C)o2)cc1. The van der Waals surface area contributed by atoms with E-state index in [4.69, 9.17) is 4.42 Å². The van der Waals surface area contributed by atoms with Gasteiger partial charge in [-0.15, -0.1) is 10.2 Å². The molecule has 0 aliphatic heterocycles. The zero-order valence-electron chi connectivity index (χ0n) is 13.7. The van der Waals surface area contributed by atoms with Crippen molar-refractivity contribution in [2.45, 2.75) is 26.7 Å². The minimum Gasteiger partial charge on any atom is -0.421 e. The minimum atomic E-state index is -0.0700. The fraction of sp³-hybridized carbons (Fsp3) is 0.211. The molecule has 3 aromatic rings. The first-order chi connectivity index (χ1) is 11.6. The third kappa shape index (κ3) is 3.87. The lowest BCUT2D eigenvalue weighted by Gasteiger charge is -2.06. The highest BCUT2D eigenvalue weighted by molar-refractivity contribution is 5.91. The van der Waals surface area contributed by atoms with Crippen LogP contribution in [0.5, 0.6) is 0 Å². The van der Waals surface area contributed by atoms with Crippen LogP contribution in [0.3, 0.4) is 0 Å². The van der Waals surface area contributed by atoms with Crippen molar-refractivity contribution in [3.63, 3.8) is 0 Å². The molecule has 0 bridgehead atoms. The molecule has 122 valence electrons. The van der Waals surface area contributed by atoms with E-state index in [1.54, 1.807) is 0 Å². The molecule has 1 aromatic heterocycles. The van der Waals surface area contributed by atoms with Crippen molar-refractivity contribution in [2.24, 2.45) is 0 Å². The lowest BCUT2D eigenvalue weighted by molar-refractivity contribution is -0.116. The number of anilines is 1. The Kier molecular flexibility index (Phi) is 4.70. The van der Waals surface area contributed by atoms with Crippen LogP contribution in [0, 0.1) is 13.8 Å². The van der Waals surface area contributed by atoms with Crippen molar-refractivity contribution in [3.8, 4) is 11.5 Å². The fourth-order valence-electron chi connectivity index (χ4n) is 2.31. The number of nitrogens with zero attached hydrogens (tertiary/aromatic N) is 2. The molecular weight excluding hydrogens is 302 g/mol. The molecule has 0 radical (unpaired) electrons. The van der Waals surface area contributed by atoms with E-state index in [1.165, 1.54) is 5.56 Å². The van der Waals surface area contributed by atoms with Crippen LogP contribution in [0.25, 0.3) is 11.5 Å². The van der Waals surface area contributed by atoms with Crippen LogP contribution in [0.4, 0.5) is 5.69 Å². The highest BCUT2D eigenvalue weighted by Gasteiger charge is 2.11.